The van der Waals surface area contributed by atoms with Gasteiger partial charge in [0.05, 0.1) is 12.2 Å². The maximum Gasteiger partial charge on any atom is 0.225 e. The molecule has 2 atom stereocenters. The number of hydrogen-bond donors (Lipinski definition) is 0. The lowest BCUT2D eigenvalue weighted by atomic mass is 10.2. The lowest BCUT2D eigenvalue weighted by molar-refractivity contribution is -0.00572. The van der Waals surface area contributed by atoms with E-state index in [2.05, 4.69) is 28.7 Å². The minimum Gasteiger partial charge on any atom is -0.372 e. The first-order chi connectivity index (χ1) is 8.15. The van der Waals surface area contributed by atoms with E-state index in [0.29, 0.717) is 0 Å². The van der Waals surface area contributed by atoms with Crippen LogP contribution in [-0.4, -0.2) is 35.3 Å². The molecule has 96 valence electrons. The van der Waals surface area contributed by atoms with Gasteiger partial charge in [-0.05, 0) is 26.3 Å². The minimum absolute atomic E-state index is 0.249. The fourth-order valence-electron chi connectivity index (χ4n) is 1.89. The molecule has 0 aliphatic carbocycles. The van der Waals surface area contributed by atoms with Crippen molar-refractivity contribution in [2.24, 2.45) is 0 Å². The van der Waals surface area contributed by atoms with E-state index >= 15 is 0 Å². The summed E-state index contributed by atoms with van der Waals surface area (Å²) in [6, 6.07) is 0. The number of nitrogens with zero attached hydrogens (tertiary/aromatic N) is 3. The van der Waals surface area contributed by atoms with E-state index in [1.807, 2.05) is 33.2 Å². The fourth-order valence-corrected chi connectivity index (χ4v) is 1.89. The summed E-state index contributed by atoms with van der Waals surface area (Å²) in [4.78, 5) is 10.8. The van der Waals surface area contributed by atoms with Crippen molar-refractivity contribution in [3.8, 4) is 0 Å². The second-order valence-electron chi connectivity index (χ2n) is 4.22. The van der Waals surface area contributed by atoms with E-state index in [1.165, 1.54) is 0 Å². The first-order valence-electron chi connectivity index (χ1n) is 6.34. The number of aromatic nitrogens is 2. The molecule has 2 unspecified atom stereocenters. The van der Waals surface area contributed by atoms with Crippen LogP contribution in [0.4, 0.5) is 5.95 Å². The Bertz CT molecular complexity index is 316. The zero-order valence-corrected chi connectivity index (χ0v) is 11.5. The molecule has 0 bridgehead atoms. The van der Waals surface area contributed by atoms with Gasteiger partial charge in [0.15, 0.2) is 0 Å². The summed E-state index contributed by atoms with van der Waals surface area (Å²) in [5.74, 6) is 0.808. The molecule has 0 N–H and O–H groups in total. The quantitative estimate of drug-likeness (QED) is 0.752. The first kappa shape index (κ1) is 13.9. The summed E-state index contributed by atoms with van der Waals surface area (Å²) in [5.41, 5.74) is 1.09. The van der Waals surface area contributed by atoms with Gasteiger partial charge < -0.3 is 9.64 Å². The van der Waals surface area contributed by atoms with Crippen molar-refractivity contribution in [2.75, 3.05) is 18.0 Å². The molecule has 0 aromatic carbocycles. The number of hydrogen-bond acceptors (Lipinski definition) is 4. The second-order valence-corrected chi connectivity index (χ2v) is 4.22. The maximum atomic E-state index is 5.66. The van der Waals surface area contributed by atoms with E-state index in [4.69, 9.17) is 4.74 Å². The largest absolute Gasteiger partial charge is 0.372 e. The van der Waals surface area contributed by atoms with E-state index in [9.17, 15) is 0 Å². The molecule has 4 heteroatoms. The molecule has 17 heavy (non-hydrogen) atoms. The Kier molecular flexibility index (Phi) is 5.35. The Balaban J connectivity index is 0.000000686. The lowest BCUT2D eigenvalue weighted by Gasteiger charge is -2.35. The Labute approximate surface area is 104 Å². The molecule has 4 nitrogen and oxygen atoms in total. The highest BCUT2D eigenvalue weighted by molar-refractivity contribution is 5.30. The SMILES string of the molecule is CC.Cc1cnc(N2CC(C)OC(C)C2)nc1. The summed E-state index contributed by atoms with van der Waals surface area (Å²) >= 11 is 0. The predicted molar refractivity (Wildman–Crippen MR) is 70.3 cm³/mol. The maximum absolute atomic E-state index is 5.66. The summed E-state index contributed by atoms with van der Waals surface area (Å²) in [6.07, 6.45) is 4.21. The number of morpholine rings is 1. The van der Waals surface area contributed by atoms with Gasteiger partial charge in [0.25, 0.3) is 0 Å². The van der Waals surface area contributed by atoms with Crippen molar-refractivity contribution < 1.29 is 4.74 Å². The second kappa shape index (κ2) is 6.55. The molecule has 1 aromatic heterocycles. The van der Waals surface area contributed by atoms with Gasteiger partial charge in [0, 0.05) is 25.5 Å². The van der Waals surface area contributed by atoms with Crippen molar-refractivity contribution in [1.82, 2.24) is 9.97 Å². The normalized spacial score (nSPS) is 23.9. The molecular formula is C13H23N3O. The highest BCUT2D eigenvalue weighted by Gasteiger charge is 2.23. The third-order valence-corrected chi connectivity index (χ3v) is 2.47. The van der Waals surface area contributed by atoms with Gasteiger partial charge in [-0.2, -0.15) is 0 Å². The van der Waals surface area contributed by atoms with Crippen molar-refractivity contribution in [3.05, 3.63) is 18.0 Å². The van der Waals surface area contributed by atoms with Gasteiger partial charge in [-0.1, -0.05) is 13.8 Å². The van der Waals surface area contributed by atoms with Crippen LogP contribution in [0.2, 0.25) is 0 Å². The van der Waals surface area contributed by atoms with Gasteiger partial charge in [-0.3, -0.25) is 0 Å². The Morgan fingerprint density at radius 1 is 1.12 bits per heavy atom. The predicted octanol–water partition coefficient (Wildman–Crippen LogP) is 2.42. The zero-order valence-electron chi connectivity index (χ0n) is 11.5. The summed E-state index contributed by atoms with van der Waals surface area (Å²) < 4.78 is 5.66. The zero-order chi connectivity index (χ0) is 12.8. The van der Waals surface area contributed by atoms with E-state index in [1.54, 1.807) is 0 Å². The summed E-state index contributed by atoms with van der Waals surface area (Å²) in [6.45, 7) is 11.9. The van der Waals surface area contributed by atoms with Gasteiger partial charge in [0.2, 0.25) is 5.95 Å². The summed E-state index contributed by atoms with van der Waals surface area (Å²) in [5, 5.41) is 0. The van der Waals surface area contributed by atoms with Crippen LogP contribution in [0.15, 0.2) is 12.4 Å². The molecule has 2 rings (SSSR count). The molecule has 1 fully saturated rings. The fraction of sp³-hybridized carbons (Fsp3) is 0.692. The monoisotopic (exact) mass is 237 g/mol. The third-order valence-electron chi connectivity index (χ3n) is 2.47. The van der Waals surface area contributed by atoms with Gasteiger partial charge in [0.1, 0.15) is 0 Å². The van der Waals surface area contributed by atoms with E-state index < -0.39 is 0 Å². The third kappa shape index (κ3) is 3.97. The Hall–Kier alpha value is -1.16. The Morgan fingerprint density at radius 2 is 1.59 bits per heavy atom. The number of ether oxygens (including phenoxy) is 1. The van der Waals surface area contributed by atoms with Gasteiger partial charge in [-0.15, -0.1) is 0 Å². The minimum atomic E-state index is 0.249. The van der Waals surface area contributed by atoms with Crippen LogP contribution >= 0.6 is 0 Å². The smallest absolute Gasteiger partial charge is 0.225 e. The van der Waals surface area contributed by atoms with Crippen molar-refractivity contribution >= 4 is 5.95 Å². The highest BCUT2D eigenvalue weighted by atomic mass is 16.5. The number of anilines is 1. The van der Waals surface area contributed by atoms with Crippen molar-refractivity contribution in [3.63, 3.8) is 0 Å². The average Bonchev–Trinajstić information content (AvgIpc) is 2.31. The van der Waals surface area contributed by atoms with Crippen LogP contribution in [0.25, 0.3) is 0 Å². The van der Waals surface area contributed by atoms with Crippen LogP contribution in [-0.2, 0) is 4.74 Å². The van der Waals surface area contributed by atoms with Gasteiger partial charge in [-0.25, -0.2) is 9.97 Å². The van der Waals surface area contributed by atoms with Crippen molar-refractivity contribution in [1.29, 1.82) is 0 Å². The molecule has 0 spiro atoms. The lowest BCUT2D eigenvalue weighted by Crippen LogP contribution is -2.46. The first-order valence-corrected chi connectivity index (χ1v) is 6.34. The van der Waals surface area contributed by atoms with Crippen LogP contribution in [0.1, 0.15) is 33.3 Å². The van der Waals surface area contributed by atoms with Crippen LogP contribution in [0, 0.1) is 6.92 Å². The molecular weight excluding hydrogens is 214 g/mol. The van der Waals surface area contributed by atoms with Gasteiger partial charge >= 0.3 is 0 Å². The van der Waals surface area contributed by atoms with Crippen LogP contribution in [0.3, 0.4) is 0 Å². The average molecular weight is 237 g/mol. The van der Waals surface area contributed by atoms with E-state index in [-0.39, 0.29) is 12.2 Å². The molecule has 1 aliphatic rings. The van der Waals surface area contributed by atoms with Crippen molar-refractivity contribution in [2.45, 2.75) is 46.8 Å². The molecule has 1 saturated heterocycles. The van der Waals surface area contributed by atoms with E-state index in [0.717, 1.165) is 24.6 Å². The Morgan fingerprint density at radius 3 is 2.06 bits per heavy atom. The molecule has 1 aliphatic heterocycles. The standard InChI is InChI=1S/C11H17N3O.C2H6/c1-8-4-12-11(13-5-8)14-6-9(2)15-10(3)7-14;1-2/h4-5,9-10H,6-7H2,1-3H3;1-2H3. The molecule has 0 amide bonds. The van der Waals surface area contributed by atoms with Crippen LogP contribution in [0.5, 0.6) is 0 Å². The topological polar surface area (TPSA) is 38.2 Å². The molecule has 2 heterocycles. The highest BCUT2D eigenvalue weighted by Crippen LogP contribution is 2.15. The molecule has 0 saturated carbocycles. The summed E-state index contributed by atoms with van der Waals surface area (Å²) in [7, 11) is 0. The number of rotatable bonds is 1. The number of aryl methyl sites for hydroxylation is 1. The molecule has 0 radical (unpaired) electrons. The molecule has 1 aromatic rings. The van der Waals surface area contributed by atoms with Crippen LogP contribution < -0.4 is 4.90 Å².